The summed E-state index contributed by atoms with van der Waals surface area (Å²) in [5.74, 6) is 1.55. The number of carbonyl (C=O) groups excluding carboxylic acids is 1. The molecular weight excluding hydrogens is 354 g/mol. The van der Waals surface area contributed by atoms with E-state index in [1.165, 1.54) is 0 Å². The number of aromatic amines is 2. The van der Waals surface area contributed by atoms with Gasteiger partial charge in [0.2, 0.25) is 6.41 Å². The third-order valence-corrected chi connectivity index (χ3v) is 4.93. The van der Waals surface area contributed by atoms with Gasteiger partial charge in [-0.25, -0.2) is 0 Å². The Kier molecular flexibility index (Phi) is 4.49. The van der Waals surface area contributed by atoms with E-state index in [0.717, 1.165) is 45.3 Å². The Balaban J connectivity index is 1.56. The first kappa shape index (κ1) is 17.7. The van der Waals surface area contributed by atoms with E-state index >= 15 is 0 Å². The standard InChI is InChI=1S/C21H21N5O2/c1-28-15-3-5-18-14(9-15)10-20(25-18)26(12-27)7-6-13-2-4-19-16(8-13)17(11-24-19)21(22)23/h2-5,8-12,24-25H,6-7H2,1H3,(H3,22,23). The number of rotatable bonds is 7. The van der Waals surface area contributed by atoms with Crippen molar-refractivity contribution in [2.45, 2.75) is 6.42 Å². The van der Waals surface area contributed by atoms with Crippen molar-refractivity contribution in [3.05, 3.63) is 59.8 Å². The SMILES string of the molecule is COc1ccc2[nH]c(N(C=O)CCc3ccc4[nH]cc(C(=N)N)c4c3)cc2c1. The molecule has 5 N–H and O–H groups in total. The number of H-pyrrole nitrogens is 2. The fourth-order valence-corrected chi connectivity index (χ4v) is 3.40. The lowest BCUT2D eigenvalue weighted by atomic mass is 10.1. The molecule has 2 heterocycles. The highest BCUT2D eigenvalue weighted by Gasteiger charge is 2.11. The lowest BCUT2D eigenvalue weighted by molar-refractivity contribution is -0.107. The maximum absolute atomic E-state index is 11.7. The molecule has 0 radical (unpaired) electrons. The molecule has 0 atom stereocenters. The molecule has 142 valence electrons. The zero-order valence-corrected chi connectivity index (χ0v) is 15.5. The van der Waals surface area contributed by atoms with Crippen LogP contribution in [0.3, 0.4) is 0 Å². The summed E-state index contributed by atoms with van der Waals surface area (Å²) in [6.07, 6.45) is 3.25. The molecule has 7 nitrogen and oxygen atoms in total. The molecule has 7 heteroatoms. The van der Waals surface area contributed by atoms with Gasteiger partial charge in [-0.15, -0.1) is 0 Å². The monoisotopic (exact) mass is 375 g/mol. The number of hydrogen-bond donors (Lipinski definition) is 4. The topological polar surface area (TPSA) is 111 Å². The van der Waals surface area contributed by atoms with Gasteiger partial charge >= 0.3 is 0 Å². The van der Waals surface area contributed by atoms with E-state index in [0.29, 0.717) is 18.5 Å². The number of benzene rings is 2. The summed E-state index contributed by atoms with van der Waals surface area (Å²) in [5.41, 5.74) is 9.29. The van der Waals surface area contributed by atoms with Gasteiger partial charge in [0.05, 0.1) is 7.11 Å². The van der Waals surface area contributed by atoms with Crippen molar-refractivity contribution >= 4 is 39.9 Å². The van der Waals surface area contributed by atoms with Crippen LogP contribution in [0.15, 0.2) is 48.7 Å². The molecular formula is C21H21N5O2. The Labute approximate surface area is 161 Å². The van der Waals surface area contributed by atoms with Gasteiger partial charge in [-0.1, -0.05) is 6.07 Å². The van der Waals surface area contributed by atoms with Crippen molar-refractivity contribution < 1.29 is 9.53 Å². The number of amidine groups is 1. The molecule has 2 aromatic carbocycles. The number of methoxy groups -OCH3 is 1. The molecule has 4 aromatic rings. The third kappa shape index (κ3) is 3.18. The number of hydrogen-bond acceptors (Lipinski definition) is 3. The molecule has 4 rings (SSSR count). The number of aromatic nitrogens is 2. The predicted molar refractivity (Wildman–Crippen MR) is 111 cm³/mol. The molecule has 0 aliphatic rings. The first-order chi connectivity index (χ1) is 13.6. The Morgan fingerprint density at radius 1 is 1.21 bits per heavy atom. The van der Waals surface area contributed by atoms with Crippen LogP contribution in [0, 0.1) is 5.41 Å². The van der Waals surface area contributed by atoms with Gasteiger partial charge in [-0.05, 0) is 48.4 Å². The minimum Gasteiger partial charge on any atom is -0.497 e. The van der Waals surface area contributed by atoms with Crippen LogP contribution < -0.4 is 15.4 Å². The van der Waals surface area contributed by atoms with Crippen LogP contribution >= 0.6 is 0 Å². The smallest absolute Gasteiger partial charge is 0.215 e. The Hall–Kier alpha value is -3.74. The largest absolute Gasteiger partial charge is 0.497 e. The van der Waals surface area contributed by atoms with E-state index in [2.05, 4.69) is 9.97 Å². The quantitative estimate of drug-likeness (QED) is 0.226. The second-order valence-electron chi connectivity index (χ2n) is 6.65. The van der Waals surface area contributed by atoms with Crippen molar-refractivity contribution in [2.24, 2.45) is 5.73 Å². The lowest BCUT2D eigenvalue weighted by Gasteiger charge is -2.15. The Morgan fingerprint density at radius 2 is 2.04 bits per heavy atom. The van der Waals surface area contributed by atoms with Gasteiger partial charge in [0.15, 0.2) is 0 Å². The van der Waals surface area contributed by atoms with Crippen LogP contribution in [0.4, 0.5) is 5.82 Å². The zero-order chi connectivity index (χ0) is 19.7. The Bertz CT molecular complexity index is 1170. The summed E-state index contributed by atoms with van der Waals surface area (Å²) in [7, 11) is 1.63. The van der Waals surface area contributed by atoms with Crippen LogP contribution in [-0.2, 0) is 11.2 Å². The highest BCUT2D eigenvalue weighted by atomic mass is 16.5. The summed E-state index contributed by atoms with van der Waals surface area (Å²) in [5, 5.41) is 9.59. The first-order valence-electron chi connectivity index (χ1n) is 8.92. The fraction of sp³-hybridized carbons (Fsp3) is 0.143. The summed E-state index contributed by atoms with van der Waals surface area (Å²) in [6, 6.07) is 13.7. The molecule has 1 amide bonds. The Morgan fingerprint density at radius 3 is 2.79 bits per heavy atom. The average Bonchev–Trinajstić information content (AvgIpc) is 3.31. The number of nitrogens with one attached hydrogen (secondary N) is 3. The highest BCUT2D eigenvalue weighted by Crippen LogP contribution is 2.26. The summed E-state index contributed by atoms with van der Waals surface area (Å²) in [4.78, 5) is 19.7. The van der Waals surface area contributed by atoms with Crippen LogP contribution in [0.25, 0.3) is 21.8 Å². The van der Waals surface area contributed by atoms with E-state index in [1.807, 2.05) is 42.5 Å². The maximum atomic E-state index is 11.7. The van der Waals surface area contributed by atoms with Crippen molar-refractivity contribution in [3.8, 4) is 5.75 Å². The minimum absolute atomic E-state index is 0.0337. The second-order valence-corrected chi connectivity index (χ2v) is 6.65. The fourth-order valence-electron chi connectivity index (χ4n) is 3.40. The summed E-state index contributed by atoms with van der Waals surface area (Å²) < 4.78 is 5.26. The molecule has 28 heavy (non-hydrogen) atoms. The molecule has 0 saturated heterocycles. The number of anilines is 1. The van der Waals surface area contributed by atoms with Crippen molar-refractivity contribution in [3.63, 3.8) is 0 Å². The molecule has 0 aliphatic carbocycles. The molecule has 2 aromatic heterocycles. The number of nitrogen functional groups attached to an aromatic ring is 1. The van der Waals surface area contributed by atoms with Gasteiger partial charge < -0.3 is 25.3 Å². The van der Waals surface area contributed by atoms with E-state index in [-0.39, 0.29) is 5.84 Å². The van der Waals surface area contributed by atoms with E-state index in [1.54, 1.807) is 18.2 Å². The van der Waals surface area contributed by atoms with Gasteiger partial charge in [0.25, 0.3) is 0 Å². The van der Waals surface area contributed by atoms with E-state index in [4.69, 9.17) is 15.9 Å². The number of fused-ring (bicyclic) bond motifs is 2. The average molecular weight is 375 g/mol. The molecule has 0 bridgehead atoms. The molecule has 0 spiro atoms. The summed E-state index contributed by atoms with van der Waals surface area (Å²) in [6.45, 7) is 0.527. The van der Waals surface area contributed by atoms with E-state index in [9.17, 15) is 4.79 Å². The molecule has 0 unspecified atom stereocenters. The maximum Gasteiger partial charge on any atom is 0.215 e. The van der Waals surface area contributed by atoms with E-state index < -0.39 is 0 Å². The number of amides is 1. The van der Waals surface area contributed by atoms with Crippen molar-refractivity contribution in [2.75, 3.05) is 18.6 Å². The first-order valence-corrected chi connectivity index (χ1v) is 8.92. The number of ether oxygens (including phenoxy) is 1. The van der Waals surface area contributed by atoms with Crippen LogP contribution in [-0.4, -0.2) is 35.9 Å². The van der Waals surface area contributed by atoms with Crippen LogP contribution in [0.2, 0.25) is 0 Å². The zero-order valence-electron chi connectivity index (χ0n) is 15.5. The van der Waals surface area contributed by atoms with Gasteiger partial charge in [0.1, 0.15) is 17.4 Å². The van der Waals surface area contributed by atoms with Gasteiger partial charge in [-0.3, -0.25) is 10.2 Å². The predicted octanol–water partition coefficient (Wildman–Crippen LogP) is 3.15. The highest BCUT2D eigenvalue weighted by molar-refractivity contribution is 6.07. The molecule has 0 saturated carbocycles. The van der Waals surface area contributed by atoms with Crippen molar-refractivity contribution in [1.82, 2.24) is 9.97 Å². The third-order valence-electron chi connectivity index (χ3n) is 4.93. The number of nitrogens with zero attached hydrogens (tertiary/aromatic N) is 1. The number of carbonyl (C=O) groups is 1. The van der Waals surface area contributed by atoms with Gasteiger partial charge in [0, 0.05) is 40.1 Å². The number of nitrogens with two attached hydrogens (primary N) is 1. The van der Waals surface area contributed by atoms with Crippen molar-refractivity contribution in [1.29, 1.82) is 5.41 Å². The summed E-state index contributed by atoms with van der Waals surface area (Å²) >= 11 is 0. The second kappa shape index (κ2) is 7.11. The van der Waals surface area contributed by atoms with Gasteiger partial charge in [-0.2, -0.15) is 0 Å². The lowest BCUT2D eigenvalue weighted by Crippen LogP contribution is -2.24. The van der Waals surface area contributed by atoms with Crippen LogP contribution in [0.1, 0.15) is 11.1 Å². The normalized spacial score (nSPS) is 11.0. The minimum atomic E-state index is 0.0337. The molecule has 0 fully saturated rings. The van der Waals surface area contributed by atoms with Crippen LogP contribution in [0.5, 0.6) is 5.75 Å². The molecule has 0 aliphatic heterocycles.